The molecule has 90 valence electrons. The van der Waals surface area contributed by atoms with Crippen LogP contribution in [0.2, 0.25) is 0 Å². The van der Waals surface area contributed by atoms with Crippen LogP contribution >= 0.6 is 0 Å². The van der Waals surface area contributed by atoms with Crippen LogP contribution < -0.4 is 34.3 Å². The molecule has 17 heavy (non-hydrogen) atoms. The number of hydrogen-bond acceptors (Lipinski definition) is 4. The average molecular weight is 285 g/mol. The second kappa shape index (κ2) is 7.50. The number of benzene rings is 1. The molecule has 5 nitrogen and oxygen atoms in total. The van der Waals surface area contributed by atoms with E-state index in [9.17, 15) is 17.2 Å². The van der Waals surface area contributed by atoms with Crippen LogP contribution in [0.3, 0.4) is 0 Å². The van der Waals surface area contributed by atoms with Gasteiger partial charge in [0, 0.05) is 10.6 Å². The Morgan fingerprint density at radius 3 is 2.24 bits per heavy atom. The van der Waals surface area contributed by atoms with Gasteiger partial charge in [-0.3, -0.25) is 8.93 Å². The summed E-state index contributed by atoms with van der Waals surface area (Å²) in [5.74, 6) is 0.0439. The van der Waals surface area contributed by atoms with Crippen LogP contribution in [0.5, 0.6) is 0 Å². The van der Waals surface area contributed by atoms with Crippen molar-refractivity contribution in [1.82, 2.24) is 0 Å². The van der Waals surface area contributed by atoms with Gasteiger partial charge in [-0.25, -0.2) is 8.42 Å². The van der Waals surface area contributed by atoms with Crippen LogP contribution in [0.15, 0.2) is 29.2 Å². The zero-order valence-corrected chi connectivity index (χ0v) is 13.3. The summed E-state index contributed by atoms with van der Waals surface area (Å²) in [6.45, 7) is 1.77. The molecule has 0 aliphatic carbocycles. The Morgan fingerprint density at radius 2 is 1.82 bits per heavy atom. The molecular weight excluding hydrogens is 273 g/mol. The second-order valence-electron chi connectivity index (χ2n) is 3.18. The third-order valence-corrected chi connectivity index (χ3v) is 3.94. The molecule has 8 heteroatoms. The fourth-order valence-corrected chi connectivity index (χ4v) is 2.63. The van der Waals surface area contributed by atoms with Crippen LogP contribution in [0.1, 0.15) is 13.3 Å². The molecule has 0 aliphatic heterocycles. The van der Waals surface area contributed by atoms with Crippen LogP contribution in [0, 0.1) is 0 Å². The first-order valence-corrected chi connectivity index (χ1v) is 7.37. The minimum atomic E-state index is -3.32. The Hall–Kier alpha value is 0.0800. The number of nitrogens with one attached hydrogen (secondary N) is 1. The quantitative estimate of drug-likeness (QED) is 0.505. The fourth-order valence-electron chi connectivity index (χ4n) is 1.13. The minimum absolute atomic E-state index is 0. The van der Waals surface area contributed by atoms with Crippen molar-refractivity contribution in [2.75, 3.05) is 10.5 Å². The van der Waals surface area contributed by atoms with Gasteiger partial charge in [0.1, 0.15) is 0 Å². The van der Waals surface area contributed by atoms with Gasteiger partial charge in [-0.05, 0) is 41.8 Å². The molecule has 0 spiro atoms. The van der Waals surface area contributed by atoms with E-state index in [0.717, 1.165) is 0 Å². The third kappa shape index (κ3) is 5.98. The Kier molecular flexibility index (Phi) is 7.54. The van der Waals surface area contributed by atoms with Crippen molar-refractivity contribution in [3.8, 4) is 0 Å². The predicted molar refractivity (Wildman–Crippen MR) is 61.3 cm³/mol. The molecule has 1 unspecified atom stereocenters. The predicted octanol–water partition coefficient (Wildman–Crippen LogP) is -1.92. The first-order chi connectivity index (χ1) is 7.44. The van der Waals surface area contributed by atoms with Gasteiger partial charge in [0.25, 0.3) is 0 Å². The zero-order chi connectivity index (χ0) is 12.2. The van der Waals surface area contributed by atoms with Crippen molar-refractivity contribution in [1.29, 1.82) is 0 Å². The van der Waals surface area contributed by atoms with Gasteiger partial charge in [0.05, 0.1) is 5.75 Å². The Morgan fingerprint density at radius 1 is 1.29 bits per heavy atom. The molecule has 1 aromatic carbocycles. The van der Waals surface area contributed by atoms with Gasteiger partial charge in [0.2, 0.25) is 10.0 Å². The minimum Gasteiger partial charge on any atom is -0.768 e. The van der Waals surface area contributed by atoms with E-state index in [-0.39, 0.29) is 40.2 Å². The topological polar surface area (TPSA) is 86.3 Å². The molecule has 0 heterocycles. The molecule has 0 aliphatic rings. The van der Waals surface area contributed by atoms with E-state index in [4.69, 9.17) is 0 Å². The molecule has 0 saturated heterocycles. The first-order valence-electron chi connectivity index (χ1n) is 4.64. The monoisotopic (exact) mass is 285 g/mol. The number of sulfonamides is 1. The summed E-state index contributed by atoms with van der Waals surface area (Å²) in [7, 11) is -3.32. The zero-order valence-electron chi connectivity index (χ0n) is 9.67. The molecule has 0 fully saturated rings. The molecule has 0 amide bonds. The summed E-state index contributed by atoms with van der Waals surface area (Å²) in [6, 6.07) is 5.51. The van der Waals surface area contributed by atoms with Crippen LogP contribution in [0.4, 0.5) is 5.69 Å². The Balaban J connectivity index is 0.00000256. The summed E-state index contributed by atoms with van der Waals surface area (Å²) in [4.78, 5) is 0.124. The molecular formula is C9H12NNaO4S2. The van der Waals surface area contributed by atoms with Gasteiger partial charge in [-0.15, -0.1) is 0 Å². The SMILES string of the molecule is CCCS(=O)(=O)Nc1ccc(S(=O)[O-])cc1.[Na+]. The van der Waals surface area contributed by atoms with Crippen LogP contribution in [-0.4, -0.2) is 22.9 Å². The maximum Gasteiger partial charge on any atom is 1.00 e. The number of anilines is 1. The van der Waals surface area contributed by atoms with E-state index in [1.54, 1.807) is 6.92 Å². The molecule has 1 rings (SSSR count). The van der Waals surface area contributed by atoms with Gasteiger partial charge < -0.3 is 4.55 Å². The molecule has 0 radical (unpaired) electrons. The fraction of sp³-hybridized carbons (Fsp3) is 0.333. The van der Waals surface area contributed by atoms with Gasteiger partial charge >= 0.3 is 29.6 Å². The van der Waals surface area contributed by atoms with Crippen molar-refractivity contribution < 1.29 is 46.7 Å². The Labute approximate surface area is 126 Å². The Bertz CT molecular complexity index is 472. The molecule has 1 aromatic rings. The van der Waals surface area contributed by atoms with E-state index >= 15 is 0 Å². The average Bonchev–Trinajstić information content (AvgIpc) is 2.17. The summed E-state index contributed by atoms with van der Waals surface area (Å²) in [5.41, 5.74) is 0.364. The van der Waals surface area contributed by atoms with E-state index in [1.807, 2.05) is 0 Å². The summed E-state index contributed by atoms with van der Waals surface area (Å²) in [5, 5.41) is 0. The maximum absolute atomic E-state index is 11.4. The summed E-state index contributed by atoms with van der Waals surface area (Å²) < 4.78 is 46.3. The van der Waals surface area contributed by atoms with Crippen molar-refractivity contribution in [2.45, 2.75) is 18.2 Å². The largest absolute Gasteiger partial charge is 1.00 e. The van der Waals surface area contributed by atoms with E-state index in [1.165, 1.54) is 24.3 Å². The first kappa shape index (κ1) is 17.1. The van der Waals surface area contributed by atoms with Gasteiger partial charge in [-0.2, -0.15) is 0 Å². The van der Waals surface area contributed by atoms with E-state index in [2.05, 4.69) is 4.72 Å². The molecule has 0 saturated carbocycles. The van der Waals surface area contributed by atoms with E-state index < -0.39 is 21.1 Å². The summed E-state index contributed by atoms with van der Waals surface area (Å²) in [6.07, 6.45) is 0.526. The van der Waals surface area contributed by atoms with Crippen molar-refractivity contribution in [3.05, 3.63) is 24.3 Å². The number of rotatable bonds is 5. The molecule has 0 bridgehead atoms. The molecule has 1 atom stereocenters. The van der Waals surface area contributed by atoms with Crippen molar-refractivity contribution >= 4 is 26.8 Å². The van der Waals surface area contributed by atoms with Crippen LogP contribution in [0.25, 0.3) is 0 Å². The standard InChI is InChI=1S/C9H13NO4S2.Na/c1-2-7-16(13,14)10-8-3-5-9(6-4-8)15(11)12;/h3-6,10H,2,7H2,1H3,(H,11,12);/q;+1/p-1. The van der Waals surface area contributed by atoms with Crippen molar-refractivity contribution in [2.24, 2.45) is 0 Å². The molecule has 0 aromatic heterocycles. The number of hydrogen-bond donors (Lipinski definition) is 1. The van der Waals surface area contributed by atoms with Crippen LogP contribution in [-0.2, 0) is 21.1 Å². The van der Waals surface area contributed by atoms with Gasteiger partial charge in [0.15, 0.2) is 0 Å². The van der Waals surface area contributed by atoms with Gasteiger partial charge in [-0.1, -0.05) is 6.92 Å². The third-order valence-electron chi connectivity index (χ3n) is 1.79. The maximum atomic E-state index is 11.4. The van der Waals surface area contributed by atoms with Crippen molar-refractivity contribution in [3.63, 3.8) is 0 Å². The smallest absolute Gasteiger partial charge is 0.768 e. The molecule has 1 N–H and O–H groups in total. The van der Waals surface area contributed by atoms with E-state index in [0.29, 0.717) is 12.1 Å². The summed E-state index contributed by atoms with van der Waals surface area (Å²) >= 11 is -2.29. The normalized spacial score (nSPS) is 12.6. The second-order valence-corrected chi connectivity index (χ2v) is 5.96.